The fourth-order valence-electron chi connectivity index (χ4n) is 2.83. The number of amides is 1. The lowest BCUT2D eigenvalue weighted by Gasteiger charge is -2.33. The van der Waals surface area contributed by atoms with Crippen molar-refractivity contribution in [1.29, 1.82) is 0 Å². The molecular formula is C18H15Cl2F5N4O2. The predicted molar refractivity (Wildman–Crippen MR) is 106 cm³/mol. The lowest BCUT2D eigenvalue weighted by molar-refractivity contribution is -0.137. The lowest BCUT2D eigenvalue weighted by atomic mass is 9.90. The van der Waals surface area contributed by atoms with Gasteiger partial charge in [0.05, 0.1) is 17.2 Å². The van der Waals surface area contributed by atoms with E-state index in [-0.39, 0.29) is 36.1 Å². The average Bonchev–Trinajstić information content (AvgIpc) is 2.67. The van der Waals surface area contributed by atoms with Crippen LogP contribution >= 0.6 is 24.0 Å². The summed E-state index contributed by atoms with van der Waals surface area (Å²) in [6.07, 6.45) is -7.15. The molecular weight excluding hydrogens is 470 g/mol. The number of nitrogens with zero attached hydrogens (tertiary/aromatic N) is 2. The third-order valence-corrected chi connectivity index (χ3v) is 4.57. The summed E-state index contributed by atoms with van der Waals surface area (Å²) in [5.41, 5.74) is 2.05. The first-order valence-corrected chi connectivity index (χ1v) is 8.75. The minimum Gasteiger partial charge on any atom is -0.385 e. The van der Waals surface area contributed by atoms with Crippen LogP contribution in [0.4, 0.5) is 27.6 Å². The molecule has 0 saturated heterocycles. The van der Waals surface area contributed by atoms with Crippen molar-refractivity contribution in [2.75, 3.05) is 18.5 Å². The van der Waals surface area contributed by atoms with Crippen LogP contribution in [0.2, 0.25) is 5.02 Å². The molecule has 0 spiro atoms. The molecule has 1 unspecified atom stereocenters. The van der Waals surface area contributed by atoms with E-state index in [0.717, 1.165) is 0 Å². The van der Waals surface area contributed by atoms with Crippen molar-refractivity contribution in [3.63, 3.8) is 0 Å². The largest absolute Gasteiger partial charge is 0.417 e. The molecule has 1 aromatic heterocycles. The molecule has 1 atom stereocenters. The first kappa shape index (κ1) is 24.8. The second-order valence-corrected chi connectivity index (χ2v) is 6.82. The highest BCUT2D eigenvalue weighted by atomic mass is 35.5. The third-order valence-electron chi connectivity index (χ3n) is 4.28. The van der Waals surface area contributed by atoms with E-state index >= 15 is 0 Å². The van der Waals surface area contributed by atoms with Crippen molar-refractivity contribution in [3.05, 3.63) is 58.4 Å². The van der Waals surface area contributed by atoms with Crippen LogP contribution in [0.15, 0.2) is 41.5 Å². The number of hydrogen-bond donors (Lipinski definition) is 2. The van der Waals surface area contributed by atoms with Gasteiger partial charge in [-0.25, -0.2) is 13.8 Å². The lowest BCUT2D eigenvalue weighted by Crippen LogP contribution is -2.44. The third kappa shape index (κ3) is 5.23. The Balaban J connectivity index is 0.00000341. The Labute approximate surface area is 184 Å². The molecule has 2 heterocycles. The van der Waals surface area contributed by atoms with Crippen molar-refractivity contribution in [1.82, 2.24) is 4.98 Å². The number of nitrogens with two attached hydrogens (primary N) is 1. The number of aromatic nitrogens is 1. The molecule has 1 amide bonds. The molecule has 3 rings (SSSR count). The summed E-state index contributed by atoms with van der Waals surface area (Å²) in [6.45, 7) is -0.502. The number of halogens is 7. The van der Waals surface area contributed by atoms with E-state index in [1.807, 2.05) is 0 Å². The number of carbonyl (C=O) groups excluding carboxylic acids is 1. The molecule has 0 fully saturated rings. The number of rotatable bonds is 4. The number of ether oxygens (including phenoxy) is 1. The van der Waals surface area contributed by atoms with Crippen LogP contribution in [-0.4, -0.2) is 36.4 Å². The van der Waals surface area contributed by atoms with Crippen molar-refractivity contribution >= 4 is 41.4 Å². The monoisotopic (exact) mass is 484 g/mol. The molecule has 6 nitrogen and oxygen atoms in total. The zero-order valence-corrected chi connectivity index (χ0v) is 17.0. The van der Waals surface area contributed by atoms with Gasteiger partial charge in [-0.1, -0.05) is 23.7 Å². The minimum atomic E-state index is -4.67. The number of amidine groups is 1. The van der Waals surface area contributed by atoms with Gasteiger partial charge in [0.25, 0.3) is 12.3 Å². The molecule has 1 aliphatic heterocycles. The number of aliphatic imine (C=N–C) groups is 1. The van der Waals surface area contributed by atoms with Crippen LogP contribution in [-0.2, 0) is 16.5 Å². The number of nitrogens with one attached hydrogen (secondary N) is 1. The second kappa shape index (κ2) is 9.33. The highest BCUT2D eigenvalue weighted by molar-refractivity contribution is 6.34. The molecule has 3 N–H and O–H groups in total. The first-order chi connectivity index (χ1) is 14.0. The molecule has 0 aliphatic carbocycles. The molecule has 13 heteroatoms. The standard InChI is InChI=1S/C18H14ClF5N4O2.ClH/c19-12-5-10(18(22,23)24)6-26-14(12)15(29)27-11-3-1-2-9(4-11)17(16(20)21)8-30-7-13(25)28-17;/h1-6,16H,7-8H2,(H2,25,28)(H,27,29);1H. The Bertz CT molecular complexity index is 1000. The predicted octanol–water partition coefficient (Wildman–Crippen LogP) is 4.28. The Hall–Kier alpha value is -2.50. The molecule has 1 aliphatic rings. The molecule has 0 bridgehead atoms. The van der Waals surface area contributed by atoms with Gasteiger partial charge in [0, 0.05) is 11.9 Å². The Morgan fingerprint density at radius 2 is 2.00 bits per heavy atom. The van der Waals surface area contributed by atoms with Gasteiger partial charge < -0.3 is 15.8 Å². The van der Waals surface area contributed by atoms with E-state index < -0.39 is 46.9 Å². The number of benzene rings is 1. The van der Waals surface area contributed by atoms with E-state index in [2.05, 4.69) is 15.3 Å². The van der Waals surface area contributed by atoms with Crippen molar-refractivity contribution < 1.29 is 31.5 Å². The van der Waals surface area contributed by atoms with Crippen LogP contribution in [0.3, 0.4) is 0 Å². The maximum atomic E-state index is 13.8. The maximum absolute atomic E-state index is 13.8. The fraction of sp³-hybridized carbons (Fsp3) is 0.278. The van der Waals surface area contributed by atoms with Gasteiger partial charge in [-0.3, -0.25) is 9.79 Å². The highest BCUT2D eigenvalue weighted by Crippen LogP contribution is 2.36. The van der Waals surface area contributed by atoms with Gasteiger partial charge in [0.15, 0.2) is 5.54 Å². The summed E-state index contributed by atoms with van der Waals surface area (Å²) in [5, 5.41) is 1.86. The highest BCUT2D eigenvalue weighted by Gasteiger charge is 2.44. The van der Waals surface area contributed by atoms with Crippen molar-refractivity contribution in [3.8, 4) is 0 Å². The summed E-state index contributed by atoms with van der Waals surface area (Å²) < 4.78 is 70.9. The van der Waals surface area contributed by atoms with Gasteiger partial charge in [-0.2, -0.15) is 13.2 Å². The summed E-state index contributed by atoms with van der Waals surface area (Å²) in [5.74, 6) is -1.02. The van der Waals surface area contributed by atoms with Crippen LogP contribution in [0.1, 0.15) is 21.6 Å². The van der Waals surface area contributed by atoms with Gasteiger partial charge in [0.2, 0.25) is 0 Å². The molecule has 0 radical (unpaired) electrons. The minimum absolute atomic E-state index is 0. The quantitative estimate of drug-likeness (QED) is 0.634. The van der Waals surface area contributed by atoms with Gasteiger partial charge in [-0.05, 0) is 23.8 Å². The first-order valence-electron chi connectivity index (χ1n) is 8.37. The second-order valence-electron chi connectivity index (χ2n) is 6.41. The summed E-state index contributed by atoms with van der Waals surface area (Å²) in [4.78, 5) is 19.7. The van der Waals surface area contributed by atoms with Gasteiger partial charge in [-0.15, -0.1) is 12.4 Å². The molecule has 1 aromatic carbocycles. The molecule has 0 saturated carbocycles. The van der Waals surface area contributed by atoms with E-state index in [9.17, 15) is 26.7 Å². The smallest absolute Gasteiger partial charge is 0.385 e. The van der Waals surface area contributed by atoms with Crippen LogP contribution in [0.5, 0.6) is 0 Å². The van der Waals surface area contributed by atoms with Gasteiger partial charge in [0.1, 0.15) is 18.1 Å². The van der Waals surface area contributed by atoms with E-state index in [1.165, 1.54) is 24.3 Å². The Morgan fingerprint density at radius 3 is 2.58 bits per heavy atom. The van der Waals surface area contributed by atoms with Crippen LogP contribution in [0.25, 0.3) is 0 Å². The molecule has 168 valence electrons. The fourth-order valence-corrected chi connectivity index (χ4v) is 3.09. The SMILES string of the molecule is Cl.NC1=NC(c2cccc(NC(=O)c3ncc(C(F)(F)F)cc3Cl)c2)(C(F)F)COC1. The number of carbonyl (C=O) groups is 1. The number of hydrogen-bond acceptors (Lipinski definition) is 5. The number of pyridine rings is 1. The topological polar surface area (TPSA) is 89.6 Å². The zero-order chi connectivity index (χ0) is 22.1. The Morgan fingerprint density at radius 1 is 1.29 bits per heavy atom. The maximum Gasteiger partial charge on any atom is 0.417 e. The molecule has 2 aromatic rings. The number of anilines is 1. The molecule has 31 heavy (non-hydrogen) atoms. The number of alkyl halides is 5. The van der Waals surface area contributed by atoms with Crippen molar-refractivity contribution in [2.45, 2.75) is 18.1 Å². The zero-order valence-electron chi connectivity index (χ0n) is 15.4. The van der Waals surface area contributed by atoms with Crippen LogP contribution < -0.4 is 11.1 Å². The van der Waals surface area contributed by atoms with Crippen molar-refractivity contribution in [2.24, 2.45) is 10.7 Å². The van der Waals surface area contributed by atoms with E-state index in [0.29, 0.717) is 12.3 Å². The Kier molecular flexibility index (Phi) is 7.45. The summed E-state index contributed by atoms with van der Waals surface area (Å²) >= 11 is 5.76. The van der Waals surface area contributed by atoms with Crippen LogP contribution in [0, 0.1) is 0 Å². The average molecular weight is 485 g/mol. The van der Waals surface area contributed by atoms with Gasteiger partial charge >= 0.3 is 6.18 Å². The normalized spacial score (nSPS) is 18.9. The van der Waals surface area contributed by atoms with E-state index in [1.54, 1.807) is 0 Å². The summed E-state index contributed by atoms with van der Waals surface area (Å²) in [6, 6.07) is 5.99. The van der Waals surface area contributed by atoms with E-state index in [4.69, 9.17) is 22.1 Å². The summed E-state index contributed by atoms with van der Waals surface area (Å²) in [7, 11) is 0.